The molecule has 0 radical (unpaired) electrons. The molecule has 1 aromatic rings. The molecule has 1 fully saturated rings. The molecule has 0 spiro atoms. The van der Waals surface area contributed by atoms with E-state index in [1.54, 1.807) is 0 Å². The van der Waals surface area contributed by atoms with Gasteiger partial charge in [-0.1, -0.05) is 18.9 Å². The van der Waals surface area contributed by atoms with Crippen molar-refractivity contribution in [3.63, 3.8) is 0 Å². The Morgan fingerprint density at radius 3 is 3.00 bits per heavy atom. The molecular weight excluding hydrogens is 172 g/mol. The van der Waals surface area contributed by atoms with Gasteiger partial charge in [0.2, 0.25) is 0 Å². The lowest BCUT2D eigenvalue weighted by Gasteiger charge is -2.08. The maximum Gasteiger partial charge on any atom is 0.0627 e. The largest absolute Gasteiger partial charge is 0.269 e. The van der Waals surface area contributed by atoms with E-state index >= 15 is 0 Å². The monoisotopic (exact) mass is 190 g/mol. The van der Waals surface area contributed by atoms with Crippen molar-refractivity contribution in [3.8, 4) is 0 Å². The van der Waals surface area contributed by atoms with Crippen LogP contribution in [0.3, 0.4) is 0 Å². The van der Waals surface area contributed by atoms with Crippen LogP contribution >= 0.6 is 0 Å². The van der Waals surface area contributed by atoms with Gasteiger partial charge in [-0.3, -0.25) is 4.68 Å². The Kier molecular flexibility index (Phi) is 3.02. The Bertz CT molecular complexity index is 295. The SMILES string of the molecule is C=CCCc1ccn(C2CCCC2)n1. The Morgan fingerprint density at radius 1 is 1.50 bits per heavy atom. The molecule has 1 aromatic heterocycles. The third kappa shape index (κ3) is 2.06. The fourth-order valence-corrected chi connectivity index (χ4v) is 2.13. The molecule has 1 heterocycles. The minimum Gasteiger partial charge on any atom is -0.269 e. The summed E-state index contributed by atoms with van der Waals surface area (Å²) in [4.78, 5) is 0. The fraction of sp³-hybridized carbons (Fsp3) is 0.583. The van der Waals surface area contributed by atoms with Gasteiger partial charge in [0.25, 0.3) is 0 Å². The van der Waals surface area contributed by atoms with Gasteiger partial charge in [-0.15, -0.1) is 6.58 Å². The number of hydrogen-bond acceptors (Lipinski definition) is 1. The van der Waals surface area contributed by atoms with E-state index in [1.807, 2.05) is 6.08 Å². The van der Waals surface area contributed by atoms with Gasteiger partial charge in [0.05, 0.1) is 11.7 Å². The van der Waals surface area contributed by atoms with Crippen molar-refractivity contribution in [2.45, 2.75) is 44.6 Å². The first kappa shape index (κ1) is 9.50. The zero-order chi connectivity index (χ0) is 9.80. The molecule has 1 aliphatic carbocycles. The van der Waals surface area contributed by atoms with Crippen molar-refractivity contribution in [1.29, 1.82) is 0 Å². The molecule has 76 valence electrons. The molecule has 0 atom stereocenters. The molecule has 0 amide bonds. The predicted octanol–water partition coefficient (Wildman–Crippen LogP) is 3.12. The highest BCUT2D eigenvalue weighted by molar-refractivity contribution is 5.01. The van der Waals surface area contributed by atoms with E-state index in [2.05, 4.69) is 28.6 Å². The lowest BCUT2D eigenvalue weighted by atomic mass is 10.2. The van der Waals surface area contributed by atoms with Crippen LogP contribution in [0.5, 0.6) is 0 Å². The summed E-state index contributed by atoms with van der Waals surface area (Å²) >= 11 is 0. The zero-order valence-electron chi connectivity index (χ0n) is 8.65. The van der Waals surface area contributed by atoms with Crippen molar-refractivity contribution in [2.75, 3.05) is 0 Å². The minimum absolute atomic E-state index is 0.674. The number of aryl methyl sites for hydroxylation is 1. The van der Waals surface area contributed by atoms with Gasteiger partial charge in [-0.05, 0) is 31.7 Å². The highest BCUT2D eigenvalue weighted by atomic mass is 15.3. The summed E-state index contributed by atoms with van der Waals surface area (Å²) in [5.41, 5.74) is 1.21. The van der Waals surface area contributed by atoms with Crippen LogP contribution in [0.4, 0.5) is 0 Å². The molecule has 0 aromatic carbocycles. The smallest absolute Gasteiger partial charge is 0.0627 e. The van der Waals surface area contributed by atoms with Gasteiger partial charge in [0, 0.05) is 6.20 Å². The molecule has 2 nitrogen and oxygen atoms in total. The van der Waals surface area contributed by atoms with Crippen LogP contribution in [0.25, 0.3) is 0 Å². The Hall–Kier alpha value is -1.05. The summed E-state index contributed by atoms with van der Waals surface area (Å²) in [6.07, 6.45) is 11.5. The average molecular weight is 190 g/mol. The van der Waals surface area contributed by atoms with Crippen LogP contribution in [0.2, 0.25) is 0 Å². The van der Waals surface area contributed by atoms with Crippen molar-refractivity contribution >= 4 is 0 Å². The average Bonchev–Trinajstić information content (AvgIpc) is 2.85. The Balaban J connectivity index is 1.97. The summed E-state index contributed by atoms with van der Waals surface area (Å²) in [7, 11) is 0. The fourth-order valence-electron chi connectivity index (χ4n) is 2.13. The third-order valence-electron chi connectivity index (χ3n) is 2.97. The van der Waals surface area contributed by atoms with E-state index in [1.165, 1.54) is 31.4 Å². The molecule has 2 heteroatoms. The van der Waals surface area contributed by atoms with E-state index in [0.29, 0.717) is 6.04 Å². The van der Waals surface area contributed by atoms with Crippen molar-refractivity contribution in [3.05, 3.63) is 30.6 Å². The Morgan fingerprint density at radius 2 is 2.29 bits per heavy atom. The first-order valence-corrected chi connectivity index (χ1v) is 5.55. The quantitative estimate of drug-likeness (QED) is 0.667. The van der Waals surface area contributed by atoms with Crippen LogP contribution in [-0.4, -0.2) is 9.78 Å². The van der Waals surface area contributed by atoms with Crippen molar-refractivity contribution < 1.29 is 0 Å². The topological polar surface area (TPSA) is 17.8 Å². The second kappa shape index (κ2) is 4.45. The van der Waals surface area contributed by atoms with Crippen LogP contribution in [0.15, 0.2) is 24.9 Å². The van der Waals surface area contributed by atoms with E-state index in [-0.39, 0.29) is 0 Å². The molecule has 0 aliphatic heterocycles. The van der Waals surface area contributed by atoms with Crippen molar-refractivity contribution in [1.82, 2.24) is 9.78 Å². The lowest BCUT2D eigenvalue weighted by Crippen LogP contribution is -2.05. The number of allylic oxidation sites excluding steroid dienone is 1. The van der Waals surface area contributed by atoms with E-state index in [9.17, 15) is 0 Å². The number of rotatable bonds is 4. The summed E-state index contributed by atoms with van der Waals surface area (Å²) in [5.74, 6) is 0. The van der Waals surface area contributed by atoms with Crippen molar-refractivity contribution in [2.24, 2.45) is 0 Å². The van der Waals surface area contributed by atoms with Gasteiger partial charge in [-0.2, -0.15) is 5.10 Å². The van der Waals surface area contributed by atoms with E-state index < -0.39 is 0 Å². The van der Waals surface area contributed by atoms with Crippen LogP contribution in [-0.2, 0) is 6.42 Å². The second-order valence-electron chi connectivity index (χ2n) is 4.05. The molecule has 0 saturated heterocycles. The number of nitrogens with zero attached hydrogens (tertiary/aromatic N) is 2. The van der Waals surface area contributed by atoms with Gasteiger partial charge < -0.3 is 0 Å². The van der Waals surface area contributed by atoms with E-state index in [4.69, 9.17) is 0 Å². The first-order valence-electron chi connectivity index (χ1n) is 5.55. The van der Waals surface area contributed by atoms with Crippen LogP contribution in [0, 0.1) is 0 Å². The summed E-state index contributed by atoms with van der Waals surface area (Å²) < 4.78 is 2.16. The van der Waals surface area contributed by atoms with Crippen LogP contribution < -0.4 is 0 Å². The molecule has 14 heavy (non-hydrogen) atoms. The molecule has 0 unspecified atom stereocenters. The standard InChI is InChI=1S/C12H18N2/c1-2-3-6-11-9-10-14(13-11)12-7-4-5-8-12/h2,9-10,12H,1,3-8H2. The molecule has 2 rings (SSSR count). The third-order valence-corrected chi connectivity index (χ3v) is 2.97. The zero-order valence-corrected chi connectivity index (χ0v) is 8.65. The predicted molar refractivity (Wildman–Crippen MR) is 58.3 cm³/mol. The molecule has 1 aliphatic rings. The molecular formula is C12H18N2. The Labute approximate surface area is 85.6 Å². The maximum absolute atomic E-state index is 4.60. The lowest BCUT2D eigenvalue weighted by molar-refractivity contribution is 0.463. The molecule has 0 N–H and O–H groups in total. The summed E-state index contributed by atoms with van der Waals surface area (Å²) in [6.45, 7) is 3.73. The highest BCUT2D eigenvalue weighted by Gasteiger charge is 2.17. The van der Waals surface area contributed by atoms with Gasteiger partial charge in [0.15, 0.2) is 0 Å². The highest BCUT2D eigenvalue weighted by Crippen LogP contribution is 2.28. The number of aromatic nitrogens is 2. The van der Waals surface area contributed by atoms with Gasteiger partial charge in [-0.25, -0.2) is 0 Å². The number of hydrogen-bond donors (Lipinski definition) is 0. The normalized spacial score (nSPS) is 17.4. The second-order valence-corrected chi connectivity index (χ2v) is 4.05. The minimum atomic E-state index is 0.674. The molecule has 1 saturated carbocycles. The van der Waals surface area contributed by atoms with Gasteiger partial charge in [0.1, 0.15) is 0 Å². The summed E-state index contributed by atoms with van der Waals surface area (Å²) in [5, 5.41) is 4.60. The van der Waals surface area contributed by atoms with Crippen LogP contribution in [0.1, 0.15) is 43.8 Å². The van der Waals surface area contributed by atoms with Gasteiger partial charge >= 0.3 is 0 Å². The molecule has 0 bridgehead atoms. The maximum atomic E-state index is 4.60. The first-order chi connectivity index (χ1) is 6.90. The van der Waals surface area contributed by atoms with E-state index in [0.717, 1.165) is 12.8 Å². The summed E-state index contributed by atoms with van der Waals surface area (Å²) in [6, 6.07) is 2.81.